The first kappa shape index (κ1) is 14.8. The Morgan fingerprint density at radius 1 is 1.18 bits per heavy atom. The number of fused-ring (bicyclic) bond motifs is 1. The van der Waals surface area contributed by atoms with E-state index >= 15 is 0 Å². The monoisotopic (exact) mass is 373 g/mol. The Bertz CT molecular complexity index is 1010. The molecular formula is C24H23NO3. The SMILES string of the molecule is O=C1C2C3CC4C2C2(C(=O)N5CCCC6(C=Cc7ccccc7O6)C5)C1C3C42. The lowest BCUT2D eigenvalue weighted by atomic mass is 9.31. The summed E-state index contributed by atoms with van der Waals surface area (Å²) in [4.78, 5) is 28.8. The van der Waals surface area contributed by atoms with Crippen molar-refractivity contribution in [1.82, 2.24) is 4.90 Å². The van der Waals surface area contributed by atoms with E-state index in [1.807, 2.05) is 18.2 Å². The summed E-state index contributed by atoms with van der Waals surface area (Å²) in [6.45, 7) is 1.44. The van der Waals surface area contributed by atoms with E-state index in [0.717, 1.165) is 30.7 Å². The molecule has 0 radical (unpaired) electrons. The lowest BCUT2D eigenvalue weighted by molar-refractivity contribution is -0.257. The van der Waals surface area contributed by atoms with Crippen LogP contribution in [0.5, 0.6) is 5.75 Å². The number of benzene rings is 1. The second kappa shape index (κ2) is 4.24. The van der Waals surface area contributed by atoms with Crippen LogP contribution in [0, 0.1) is 46.8 Å². The molecule has 0 aromatic heterocycles. The number of Topliss-reactive ketones (excluding diaryl/α,β-unsaturated/α-hetero) is 1. The molecule has 2 aliphatic heterocycles. The molecule has 9 atom stereocenters. The van der Waals surface area contributed by atoms with Gasteiger partial charge < -0.3 is 9.64 Å². The van der Waals surface area contributed by atoms with Gasteiger partial charge in [0.05, 0.1) is 12.0 Å². The number of ketones is 1. The average molecular weight is 373 g/mol. The summed E-state index contributed by atoms with van der Waals surface area (Å²) in [7, 11) is 0. The summed E-state index contributed by atoms with van der Waals surface area (Å²) in [5, 5.41) is 0. The predicted octanol–water partition coefficient (Wildman–Crippen LogP) is 2.78. The first-order valence-electron chi connectivity index (χ1n) is 11.0. The third-order valence-corrected chi connectivity index (χ3v) is 9.80. The van der Waals surface area contributed by atoms with Crippen molar-refractivity contribution < 1.29 is 14.3 Å². The van der Waals surface area contributed by atoms with Gasteiger partial charge in [0.1, 0.15) is 17.1 Å². The van der Waals surface area contributed by atoms with Crippen LogP contribution in [0.1, 0.15) is 24.8 Å². The molecule has 142 valence electrons. The van der Waals surface area contributed by atoms with Gasteiger partial charge in [-0.25, -0.2) is 0 Å². The van der Waals surface area contributed by atoms with Crippen LogP contribution >= 0.6 is 0 Å². The topological polar surface area (TPSA) is 46.6 Å². The second-order valence-corrected chi connectivity index (χ2v) is 10.4. The van der Waals surface area contributed by atoms with Crippen molar-refractivity contribution in [3.8, 4) is 5.75 Å². The van der Waals surface area contributed by atoms with Crippen molar-refractivity contribution in [2.75, 3.05) is 13.1 Å². The number of nitrogens with zero attached hydrogens (tertiary/aromatic N) is 1. The number of hydrogen-bond donors (Lipinski definition) is 0. The van der Waals surface area contributed by atoms with Crippen molar-refractivity contribution in [3.63, 3.8) is 0 Å². The minimum absolute atomic E-state index is 0.0742. The van der Waals surface area contributed by atoms with Gasteiger partial charge in [-0.15, -0.1) is 0 Å². The Morgan fingerprint density at radius 3 is 2.96 bits per heavy atom. The minimum Gasteiger partial charge on any atom is -0.481 e. The second-order valence-electron chi connectivity index (χ2n) is 10.4. The van der Waals surface area contributed by atoms with Gasteiger partial charge in [0.25, 0.3) is 0 Å². The van der Waals surface area contributed by atoms with E-state index in [9.17, 15) is 9.59 Å². The number of para-hydroxylation sites is 1. The van der Waals surface area contributed by atoms with Crippen molar-refractivity contribution >= 4 is 17.8 Å². The number of hydrogen-bond acceptors (Lipinski definition) is 3. The minimum atomic E-state index is -0.407. The van der Waals surface area contributed by atoms with Crippen LogP contribution in [0.2, 0.25) is 0 Å². The highest BCUT2D eigenvalue weighted by Gasteiger charge is 2.96. The van der Waals surface area contributed by atoms with E-state index in [4.69, 9.17) is 4.74 Å². The zero-order valence-corrected chi connectivity index (χ0v) is 15.7. The molecule has 1 aromatic rings. The quantitative estimate of drug-likeness (QED) is 0.761. The molecule has 9 unspecified atom stereocenters. The number of carbonyl (C=O) groups is 2. The van der Waals surface area contributed by atoms with Crippen LogP contribution in [0.4, 0.5) is 0 Å². The molecule has 28 heavy (non-hydrogen) atoms. The molecule has 1 spiro atoms. The molecule has 6 saturated carbocycles. The number of amides is 1. The van der Waals surface area contributed by atoms with E-state index < -0.39 is 5.60 Å². The van der Waals surface area contributed by atoms with Crippen LogP contribution in [-0.4, -0.2) is 35.3 Å². The molecule has 6 aliphatic carbocycles. The molecule has 1 saturated heterocycles. The fraction of sp³-hybridized carbons (Fsp3) is 0.583. The zero-order chi connectivity index (χ0) is 18.4. The Morgan fingerprint density at radius 2 is 2.07 bits per heavy atom. The standard InChI is InChI=1S/C24H23NO3/c26-21-17-13-10-14-18-16(13)20(21)24(18,19(14)17)22(27)25-9-3-7-23(11-25)8-6-12-4-1-2-5-15(12)28-23/h1-2,4-6,8,13-14,16-20H,3,7,9-11H2. The van der Waals surface area contributed by atoms with Gasteiger partial charge in [-0.2, -0.15) is 0 Å². The van der Waals surface area contributed by atoms with Crippen LogP contribution in [-0.2, 0) is 9.59 Å². The van der Waals surface area contributed by atoms with Crippen LogP contribution < -0.4 is 4.74 Å². The molecule has 1 aromatic carbocycles. The largest absolute Gasteiger partial charge is 0.481 e. The van der Waals surface area contributed by atoms with E-state index in [1.165, 1.54) is 6.42 Å². The number of rotatable bonds is 1. The van der Waals surface area contributed by atoms with Crippen molar-refractivity contribution in [3.05, 3.63) is 35.9 Å². The van der Waals surface area contributed by atoms with E-state index in [2.05, 4.69) is 23.1 Å². The van der Waals surface area contributed by atoms with E-state index in [0.29, 0.717) is 47.8 Å². The number of likely N-dealkylation sites (tertiary alicyclic amines) is 1. The average Bonchev–Trinajstić information content (AvgIpc) is 3.23. The Balaban J connectivity index is 1.13. The molecule has 7 fully saturated rings. The van der Waals surface area contributed by atoms with Gasteiger partial charge in [0, 0.05) is 23.9 Å². The van der Waals surface area contributed by atoms with Crippen LogP contribution in [0.25, 0.3) is 6.08 Å². The van der Waals surface area contributed by atoms with E-state index in [1.54, 1.807) is 0 Å². The van der Waals surface area contributed by atoms with Gasteiger partial charge >= 0.3 is 0 Å². The summed E-state index contributed by atoms with van der Waals surface area (Å²) in [5.41, 5.74) is 0.409. The number of carbonyl (C=O) groups excluding carboxylic acids is 2. The van der Waals surface area contributed by atoms with E-state index in [-0.39, 0.29) is 17.3 Å². The Kier molecular flexibility index (Phi) is 2.25. The number of ether oxygens (including phenoxy) is 1. The first-order valence-corrected chi connectivity index (χ1v) is 11.0. The van der Waals surface area contributed by atoms with Crippen molar-refractivity contribution in [1.29, 1.82) is 0 Å². The van der Waals surface area contributed by atoms with Gasteiger partial charge in [-0.3, -0.25) is 9.59 Å². The maximum absolute atomic E-state index is 13.9. The molecule has 0 N–H and O–H groups in total. The summed E-state index contributed by atoms with van der Waals surface area (Å²) >= 11 is 0. The predicted molar refractivity (Wildman–Crippen MR) is 101 cm³/mol. The zero-order valence-electron chi connectivity index (χ0n) is 15.7. The molecule has 4 nitrogen and oxygen atoms in total. The lowest BCUT2D eigenvalue weighted by Gasteiger charge is -2.71. The first-order chi connectivity index (χ1) is 13.7. The smallest absolute Gasteiger partial charge is 0.230 e. The summed E-state index contributed by atoms with van der Waals surface area (Å²) < 4.78 is 6.45. The molecule has 2 heterocycles. The maximum Gasteiger partial charge on any atom is 0.230 e. The van der Waals surface area contributed by atoms with Gasteiger partial charge in [-0.05, 0) is 61.0 Å². The highest BCUT2D eigenvalue weighted by atomic mass is 16.5. The summed E-state index contributed by atoms with van der Waals surface area (Å²) in [5.74, 6) is 4.79. The molecule has 9 rings (SSSR count). The van der Waals surface area contributed by atoms with Gasteiger partial charge in [-0.1, -0.05) is 24.3 Å². The Labute approximate surface area is 163 Å². The summed E-state index contributed by atoms with van der Waals surface area (Å²) in [6.07, 6.45) is 7.45. The molecular weight excluding hydrogens is 350 g/mol. The highest BCUT2D eigenvalue weighted by Crippen LogP contribution is 2.93. The fourth-order valence-corrected chi connectivity index (χ4v) is 9.32. The van der Waals surface area contributed by atoms with Crippen LogP contribution in [0.15, 0.2) is 30.3 Å². The molecule has 4 bridgehead atoms. The Hall–Kier alpha value is -2.10. The molecule has 4 heteroatoms. The summed E-state index contributed by atoms with van der Waals surface area (Å²) in [6, 6.07) is 8.12. The van der Waals surface area contributed by atoms with Gasteiger partial charge in [0.2, 0.25) is 5.91 Å². The normalized spacial score (nSPS) is 52.5. The highest BCUT2D eigenvalue weighted by molar-refractivity contribution is 6.04. The molecule has 1 amide bonds. The van der Waals surface area contributed by atoms with Crippen LogP contribution in [0.3, 0.4) is 0 Å². The maximum atomic E-state index is 13.9. The lowest BCUT2D eigenvalue weighted by Crippen LogP contribution is -2.76. The van der Waals surface area contributed by atoms with Gasteiger partial charge in [0.15, 0.2) is 0 Å². The fourth-order valence-electron chi connectivity index (χ4n) is 9.32. The third kappa shape index (κ3) is 1.26. The van der Waals surface area contributed by atoms with Crippen molar-refractivity contribution in [2.45, 2.75) is 24.9 Å². The third-order valence-electron chi connectivity index (χ3n) is 9.80. The van der Waals surface area contributed by atoms with Crippen molar-refractivity contribution in [2.24, 2.45) is 46.8 Å². The molecule has 8 aliphatic rings. The number of piperidine rings is 1.